The van der Waals surface area contributed by atoms with Crippen LogP contribution in [0.1, 0.15) is 77.6 Å². The molecule has 3 aliphatic carbocycles. The summed E-state index contributed by atoms with van der Waals surface area (Å²) in [5.41, 5.74) is -0.389. The van der Waals surface area contributed by atoms with Crippen molar-refractivity contribution in [3.63, 3.8) is 0 Å². The van der Waals surface area contributed by atoms with Gasteiger partial charge in [0.15, 0.2) is 0 Å². The summed E-state index contributed by atoms with van der Waals surface area (Å²) in [6.07, 6.45) is 11.2. The van der Waals surface area contributed by atoms with Crippen molar-refractivity contribution >= 4 is 5.97 Å². The van der Waals surface area contributed by atoms with E-state index in [-0.39, 0.29) is 0 Å². The normalized spacial score (nSPS) is 35.6. The van der Waals surface area contributed by atoms with Crippen LogP contribution >= 0.6 is 0 Å². The topological polar surface area (TPSA) is 37.3 Å². The van der Waals surface area contributed by atoms with Crippen molar-refractivity contribution in [2.75, 3.05) is 0 Å². The fourth-order valence-corrected chi connectivity index (χ4v) is 4.05. The first-order valence-corrected chi connectivity index (χ1v) is 7.89. The number of halogens is 1. The van der Waals surface area contributed by atoms with Crippen LogP contribution in [0.3, 0.4) is 0 Å². The molecule has 3 saturated carbocycles. The molecular weight excluding hydrogens is 243 g/mol. The minimum absolute atomic E-state index is 0.311. The number of carboxylic acids is 1. The van der Waals surface area contributed by atoms with Crippen LogP contribution in [0.25, 0.3) is 0 Å². The van der Waals surface area contributed by atoms with Gasteiger partial charge in [0.1, 0.15) is 5.67 Å². The number of hydrogen-bond acceptors (Lipinski definition) is 1. The summed E-state index contributed by atoms with van der Waals surface area (Å²) in [6.45, 7) is 2.08. The average molecular weight is 270 g/mol. The molecule has 0 spiro atoms. The van der Waals surface area contributed by atoms with Gasteiger partial charge in [0.05, 0.1) is 0 Å². The molecule has 0 aromatic rings. The molecule has 2 bridgehead atoms. The van der Waals surface area contributed by atoms with Gasteiger partial charge in [-0.05, 0) is 37.0 Å². The summed E-state index contributed by atoms with van der Waals surface area (Å²) < 4.78 is 13.7. The van der Waals surface area contributed by atoms with Crippen LogP contribution in [0.15, 0.2) is 0 Å². The zero-order valence-corrected chi connectivity index (χ0v) is 12.1. The van der Waals surface area contributed by atoms with E-state index in [2.05, 4.69) is 6.92 Å². The van der Waals surface area contributed by atoms with E-state index in [9.17, 15) is 9.18 Å². The summed E-state index contributed by atoms with van der Waals surface area (Å²) in [4.78, 5) is 10.3. The van der Waals surface area contributed by atoms with E-state index in [1.807, 2.05) is 0 Å². The molecule has 0 radical (unpaired) electrons. The maximum Gasteiger partial charge on any atom is 0.303 e. The van der Waals surface area contributed by atoms with Crippen LogP contribution in [-0.2, 0) is 4.79 Å². The number of carboxylic acid groups (broad SMARTS) is 1. The Balaban J connectivity index is 1.39. The lowest BCUT2D eigenvalue weighted by Gasteiger charge is -2.72. The first-order chi connectivity index (χ1) is 8.99. The lowest BCUT2D eigenvalue weighted by molar-refractivity contribution is -0.277. The molecule has 3 heteroatoms. The predicted molar refractivity (Wildman–Crippen MR) is 73.9 cm³/mol. The van der Waals surface area contributed by atoms with Gasteiger partial charge in [-0.15, -0.1) is 0 Å². The summed E-state index contributed by atoms with van der Waals surface area (Å²) in [7, 11) is 0. The van der Waals surface area contributed by atoms with Gasteiger partial charge in [-0.2, -0.15) is 0 Å². The highest BCUT2D eigenvalue weighted by atomic mass is 19.1. The van der Waals surface area contributed by atoms with E-state index in [0.717, 1.165) is 32.1 Å². The van der Waals surface area contributed by atoms with Crippen LogP contribution in [-0.4, -0.2) is 16.7 Å². The van der Waals surface area contributed by atoms with Crippen LogP contribution in [0.4, 0.5) is 4.39 Å². The Morgan fingerprint density at radius 3 is 2.11 bits per heavy atom. The smallest absolute Gasteiger partial charge is 0.303 e. The number of hydrogen-bond donors (Lipinski definition) is 1. The molecule has 3 fully saturated rings. The third-order valence-corrected chi connectivity index (χ3v) is 5.55. The van der Waals surface area contributed by atoms with E-state index >= 15 is 0 Å². The molecule has 0 saturated heterocycles. The Hall–Kier alpha value is -0.600. The summed E-state index contributed by atoms with van der Waals surface area (Å²) in [5.74, 6) is -0.366. The van der Waals surface area contributed by atoms with Gasteiger partial charge in [-0.3, -0.25) is 4.79 Å². The van der Waals surface area contributed by atoms with Crippen molar-refractivity contribution in [1.29, 1.82) is 0 Å². The van der Waals surface area contributed by atoms with Gasteiger partial charge in [0.25, 0.3) is 0 Å². The molecule has 0 heterocycles. The average Bonchev–Trinajstić information content (AvgIpc) is 2.34. The molecule has 0 unspecified atom stereocenters. The monoisotopic (exact) mass is 270 g/mol. The Morgan fingerprint density at radius 1 is 1.11 bits per heavy atom. The van der Waals surface area contributed by atoms with E-state index in [4.69, 9.17) is 5.11 Å². The molecule has 1 atom stereocenters. The van der Waals surface area contributed by atoms with E-state index in [1.165, 1.54) is 32.1 Å². The number of alkyl halides is 1. The molecule has 0 amide bonds. The standard InChI is InChI=1S/C16H27FO2/c1-13-15(11-16(13,17)12-15)10-8-6-4-2-3-5-7-9-14(18)19/h13H,2-12H2,1H3,(H,18,19)/t13-,15?,16?/m1/s1. The second-order valence-corrected chi connectivity index (χ2v) is 6.84. The second-order valence-electron chi connectivity index (χ2n) is 6.84. The summed E-state index contributed by atoms with van der Waals surface area (Å²) in [5, 5.41) is 8.51. The molecule has 110 valence electrons. The van der Waals surface area contributed by atoms with Crippen molar-refractivity contribution < 1.29 is 14.3 Å². The van der Waals surface area contributed by atoms with Crippen LogP contribution < -0.4 is 0 Å². The quantitative estimate of drug-likeness (QED) is 0.583. The summed E-state index contributed by atoms with van der Waals surface area (Å²) >= 11 is 0. The maximum absolute atomic E-state index is 13.7. The third kappa shape index (κ3) is 3.11. The zero-order valence-electron chi connectivity index (χ0n) is 12.1. The van der Waals surface area contributed by atoms with Gasteiger partial charge in [0.2, 0.25) is 0 Å². The second kappa shape index (κ2) is 5.80. The van der Waals surface area contributed by atoms with Gasteiger partial charge < -0.3 is 5.11 Å². The number of aliphatic carboxylic acids is 1. The van der Waals surface area contributed by atoms with Crippen LogP contribution in [0.5, 0.6) is 0 Å². The first-order valence-electron chi connectivity index (χ1n) is 7.89. The first kappa shape index (κ1) is 14.8. The van der Waals surface area contributed by atoms with E-state index in [1.54, 1.807) is 0 Å². The van der Waals surface area contributed by atoms with Crippen molar-refractivity contribution in [1.82, 2.24) is 0 Å². The highest BCUT2D eigenvalue weighted by molar-refractivity contribution is 5.66. The summed E-state index contributed by atoms with van der Waals surface area (Å²) in [6, 6.07) is 0. The Labute approximate surface area is 115 Å². The van der Waals surface area contributed by atoms with Crippen LogP contribution in [0.2, 0.25) is 0 Å². The number of carbonyl (C=O) groups is 1. The van der Waals surface area contributed by atoms with Crippen molar-refractivity contribution in [3.8, 4) is 0 Å². The number of unbranched alkanes of at least 4 members (excludes halogenated alkanes) is 6. The van der Waals surface area contributed by atoms with Crippen molar-refractivity contribution in [2.45, 2.75) is 83.2 Å². The SMILES string of the molecule is C[C@H]1C2(F)CC1(CCCCCCCCCC(=O)O)C2. The molecule has 3 aliphatic rings. The van der Waals surface area contributed by atoms with E-state index < -0.39 is 11.6 Å². The number of rotatable bonds is 10. The van der Waals surface area contributed by atoms with Gasteiger partial charge in [-0.1, -0.05) is 45.4 Å². The fourth-order valence-electron chi connectivity index (χ4n) is 4.05. The molecule has 0 aromatic heterocycles. The van der Waals surface area contributed by atoms with Crippen LogP contribution in [0, 0.1) is 11.3 Å². The lowest BCUT2D eigenvalue weighted by Crippen LogP contribution is -2.71. The minimum Gasteiger partial charge on any atom is -0.481 e. The lowest BCUT2D eigenvalue weighted by atomic mass is 9.35. The minimum atomic E-state index is -0.774. The molecule has 3 rings (SSSR count). The Morgan fingerprint density at radius 2 is 1.63 bits per heavy atom. The third-order valence-electron chi connectivity index (χ3n) is 5.55. The van der Waals surface area contributed by atoms with E-state index in [0.29, 0.717) is 17.8 Å². The predicted octanol–water partition coefficient (Wildman–Crippen LogP) is 4.72. The maximum atomic E-state index is 13.7. The van der Waals surface area contributed by atoms with Crippen molar-refractivity contribution in [2.24, 2.45) is 11.3 Å². The molecule has 0 aliphatic heterocycles. The highest BCUT2D eigenvalue weighted by Gasteiger charge is 2.73. The Bertz CT molecular complexity index is 321. The van der Waals surface area contributed by atoms with Gasteiger partial charge in [-0.25, -0.2) is 4.39 Å². The molecule has 2 nitrogen and oxygen atoms in total. The molecule has 0 aromatic carbocycles. The molecular formula is C16H27FO2. The largest absolute Gasteiger partial charge is 0.481 e. The molecule has 1 N–H and O–H groups in total. The fraction of sp³-hybridized carbons (Fsp3) is 0.938. The Kier molecular flexibility index (Phi) is 4.52. The van der Waals surface area contributed by atoms with Gasteiger partial charge in [0, 0.05) is 6.42 Å². The zero-order chi connectivity index (χ0) is 13.9. The molecule has 19 heavy (non-hydrogen) atoms. The highest BCUT2D eigenvalue weighted by Crippen LogP contribution is 2.75. The van der Waals surface area contributed by atoms with Crippen molar-refractivity contribution in [3.05, 3.63) is 0 Å². The van der Waals surface area contributed by atoms with Gasteiger partial charge >= 0.3 is 5.97 Å².